The lowest BCUT2D eigenvalue weighted by atomic mass is 10.3. The Hall–Kier alpha value is -0.760. The maximum Gasteiger partial charge on any atom is 0.234 e. The highest BCUT2D eigenvalue weighted by molar-refractivity contribution is 14.1. The summed E-state index contributed by atoms with van der Waals surface area (Å²) in [4.78, 5) is 25.3. The third-order valence-electron chi connectivity index (χ3n) is 2.72. The van der Waals surface area contributed by atoms with Crippen molar-refractivity contribution in [1.29, 1.82) is 0 Å². The zero-order chi connectivity index (χ0) is 15.0. The second-order valence-electron chi connectivity index (χ2n) is 4.09. The molecule has 1 aromatic carbocycles. The van der Waals surface area contributed by atoms with E-state index in [0.29, 0.717) is 18.8 Å². The van der Waals surface area contributed by atoms with Gasteiger partial charge in [0.2, 0.25) is 11.8 Å². The second-order valence-corrected chi connectivity index (χ2v) is 6.23. The van der Waals surface area contributed by atoms with Gasteiger partial charge in [0.05, 0.1) is 17.2 Å². The quantitative estimate of drug-likeness (QED) is 0.709. The van der Waals surface area contributed by atoms with Crippen LogP contribution in [0.3, 0.4) is 0 Å². The Kier molecular flexibility index (Phi) is 7.98. The van der Waals surface area contributed by atoms with Gasteiger partial charge in [-0.05, 0) is 48.6 Å². The fraction of sp³-hybridized carbons (Fsp3) is 0.429. The number of halogens is 1. The molecule has 0 unspecified atom stereocenters. The van der Waals surface area contributed by atoms with Crippen molar-refractivity contribution < 1.29 is 9.59 Å². The Morgan fingerprint density at radius 2 is 1.85 bits per heavy atom. The third-order valence-corrected chi connectivity index (χ3v) is 4.58. The van der Waals surface area contributed by atoms with Gasteiger partial charge in [0.1, 0.15) is 0 Å². The first-order chi connectivity index (χ1) is 9.58. The number of anilines is 1. The molecule has 0 aromatic heterocycles. The van der Waals surface area contributed by atoms with Crippen LogP contribution in [0.4, 0.5) is 5.69 Å². The van der Waals surface area contributed by atoms with Gasteiger partial charge in [0.25, 0.3) is 0 Å². The lowest BCUT2D eigenvalue weighted by Gasteiger charge is -2.18. The van der Waals surface area contributed by atoms with Gasteiger partial charge in [-0.2, -0.15) is 0 Å². The molecule has 2 amide bonds. The van der Waals surface area contributed by atoms with Crippen LogP contribution in [-0.2, 0) is 9.59 Å². The molecule has 110 valence electrons. The van der Waals surface area contributed by atoms with Crippen molar-refractivity contribution in [3.63, 3.8) is 0 Å². The highest BCUT2D eigenvalue weighted by Gasteiger charge is 2.11. The summed E-state index contributed by atoms with van der Waals surface area (Å²) in [6.07, 6.45) is 0. The van der Waals surface area contributed by atoms with E-state index in [0.717, 1.165) is 9.26 Å². The van der Waals surface area contributed by atoms with Crippen LogP contribution in [-0.4, -0.2) is 41.3 Å². The normalized spacial score (nSPS) is 10.2. The molecule has 0 fully saturated rings. The van der Waals surface area contributed by atoms with E-state index in [4.69, 9.17) is 0 Å². The average Bonchev–Trinajstić information content (AvgIpc) is 2.43. The number of hydrogen-bond donors (Lipinski definition) is 1. The van der Waals surface area contributed by atoms with E-state index in [2.05, 4.69) is 27.9 Å². The molecular weight excluding hydrogens is 387 g/mol. The summed E-state index contributed by atoms with van der Waals surface area (Å²) in [5.74, 6) is 0.646. The fourth-order valence-corrected chi connectivity index (χ4v) is 2.89. The van der Waals surface area contributed by atoms with Crippen LogP contribution in [0, 0.1) is 3.57 Å². The van der Waals surface area contributed by atoms with Crippen molar-refractivity contribution in [2.24, 2.45) is 0 Å². The zero-order valence-corrected chi connectivity index (χ0v) is 14.7. The monoisotopic (exact) mass is 406 g/mol. The van der Waals surface area contributed by atoms with Crippen molar-refractivity contribution in [2.45, 2.75) is 13.8 Å². The molecule has 0 bridgehead atoms. The number of amides is 2. The number of carbonyl (C=O) groups excluding carboxylic acids is 2. The highest BCUT2D eigenvalue weighted by Crippen LogP contribution is 2.17. The minimum atomic E-state index is -0.0773. The van der Waals surface area contributed by atoms with Gasteiger partial charge in [0, 0.05) is 16.7 Å². The van der Waals surface area contributed by atoms with Crippen LogP contribution in [0.1, 0.15) is 13.8 Å². The number of nitrogens with one attached hydrogen (secondary N) is 1. The molecule has 1 N–H and O–H groups in total. The second kappa shape index (κ2) is 9.23. The number of rotatable bonds is 7. The number of carbonyl (C=O) groups is 2. The summed E-state index contributed by atoms with van der Waals surface area (Å²) in [5, 5.41) is 2.85. The summed E-state index contributed by atoms with van der Waals surface area (Å²) >= 11 is 3.53. The number of thioether (sulfide) groups is 1. The molecule has 0 spiro atoms. The maximum absolute atomic E-state index is 11.8. The van der Waals surface area contributed by atoms with Gasteiger partial charge >= 0.3 is 0 Å². The average molecular weight is 406 g/mol. The molecule has 20 heavy (non-hydrogen) atoms. The largest absolute Gasteiger partial charge is 0.343 e. The summed E-state index contributed by atoms with van der Waals surface area (Å²) < 4.78 is 1.00. The third kappa shape index (κ3) is 5.70. The molecule has 4 nitrogen and oxygen atoms in total. The number of benzene rings is 1. The highest BCUT2D eigenvalue weighted by atomic mass is 127. The van der Waals surface area contributed by atoms with E-state index in [1.807, 2.05) is 38.1 Å². The standard InChI is InChI=1S/C14H19IN2O2S/c1-3-17(4-2)14(19)10-20-9-13(18)16-12-8-6-5-7-11(12)15/h5-8H,3-4,9-10H2,1-2H3,(H,16,18). The smallest absolute Gasteiger partial charge is 0.234 e. The predicted molar refractivity (Wildman–Crippen MR) is 93.0 cm³/mol. The van der Waals surface area contributed by atoms with Crippen LogP contribution in [0.25, 0.3) is 0 Å². The lowest BCUT2D eigenvalue weighted by Crippen LogP contribution is -2.32. The topological polar surface area (TPSA) is 49.4 Å². The summed E-state index contributed by atoms with van der Waals surface area (Å²) in [7, 11) is 0. The van der Waals surface area contributed by atoms with E-state index in [1.165, 1.54) is 11.8 Å². The van der Waals surface area contributed by atoms with Gasteiger partial charge < -0.3 is 10.2 Å². The van der Waals surface area contributed by atoms with Crippen LogP contribution in [0.15, 0.2) is 24.3 Å². The van der Waals surface area contributed by atoms with E-state index >= 15 is 0 Å². The first kappa shape index (κ1) is 17.3. The molecule has 0 saturated carbocycles. The number of nitrogens with zero attached hydrogens (tertiary/aromatic N) is 1. The molecule has 1 aromatic rings. The molecule has 0 atom stereocenters. The van der Waals surface area contributed by atoms with E-state index in [1.54, 1.807) is 4.90 Å². The van der Waals surface area contributed by atoms with Crippen LogP contribution < -0.4 is 5.32 Å². The SMILES string of the molecule is CCN(CC)C(=O)CSCC(=O)Nc1ccccc1I. The van der Waals surface area contributed by atoms with Crippen LogP contribution in [0.5, 0.6) is 0 Å². The lowest BCUT2D eigenvalue weighted by molar-refractivity contribution is -0.127. The van der Waals surface area contributed by atoms with Gasteiger partial charge in [-0.1, -0.05) is 12.1 Å². The molecule has 0 radical (unpaired) electrons. The molecule has 0 aliphatic rings. The van der Waals surface area contributed by atoms with Crippen molar-refractivity contribution in [3.05, 3.63) is 27.8 Å². The predicted octanol–water partition coefficient (Wildman–Crippen LogP) is 2.83. The summed E-state index contributed by atoms with van der Waals surface area (Å²) in [5.41, 5.74) is 0.814. The van der Waals surface area contributed by atoms with Crippen LogP contribution in [0.2, 0.25) is 0 Å². The minimum absolute atomic E-state index is 0.0773. The first-order valence-electron chi connectivity index (χ1n) is 6.48. The Morgan fingerprint density at radius 1 is 1.20 bits per heavy atom. The maximum atomic E-state index is 11.8. The Balaban J connectivity index is 2.34. The van der Waals surface area contributed by atoms with Crippen molar-refractivity contribution in [3.8, 4) is 0 Å². The molecule has 0 saturated heterocycles. The fourth-order valence-electron chi connectivity index (χ4n) is 1.65. The first-order valence-corrected chi connectivity index (χ1v) is 8.71. The molecule has 1 rings (SSSR count). The van der Waals surface area contributed by atoms with Crippen molar-refractivity contribution >= 4 is 51.9 Å². The number of hydrogen-bond acceptors (Lipinski definition) is 3. The molecule has 0 heterocycles. The Morgan fingerprint density at radius 3 is 2.45 bits per heavy atom. The summed E-state index contributed by atoms with van der Waals surface area (Å²) in [6, 6.07) is 7.61. The van der Waals surface area contributed by atoms with Gasteiger partial charge in [-0.15, -0.1) is 11.8 Å². The van der Waals surface area contributed by atoms with E-state index in [9.17, 15) is 9.59 Å². The van der Waals surface area contributed by atoms with E-state index in [-0.39, 0.29) is 17.6 Å². The van der Waals surface area contributed by atoms with Crippen molar-refractivity contribution in [1.82, 2.24) is 4.90 Å². The van der Waals surface area contributed by atoms with Gasteiger partial charge in [-0.25, -0.2) is 0 Å². The molecule has 0 aliphatic carbocycles. The summed E-state index contributed by atoms with van der Waals surface area (Å²) in [6.45, 7) is 5.33. The molecular formula is C14H19IN2O2S. The van der Waals surface area contributed by atoms with Crippen molar-refractivity contribution in [2.75, 3.05) is 29.9 Å². The molecule has 0 aliphatic heterocycles. The van der Waals surface area contributed by atoms with Gasteiger partial charge in [-0.3, -0.25) is 9.59 Å². The number of para-hydroxylation sites is 1. The molecule has 6 heteroatoms. The van der Waals surface area contributed by atoms with Crippen LogP contribution >= 0.6 is 34.4 Å². The van der Waals surface area contributed by atoms with E-state index < -0.39 is 0 Å². The Labute approximate surface area is 137 Å². The minimum Gasteiger partial charge on any atom is -0.343 e. The zero-order valence-electron chi connectivity index (χ0n) is 11.7. The Bertz CT molecular complexity index is 464. The van der Waals surface area contributed by atoms with Gasteiger partial charge in [0.15, 0.2) is 0 Å².